The summed E-state index contributed by atoms with van der Waals surface area (Å²) in [7, 11) is 1.96. The normalized spacial score (nSPS) is 21.9. The molecule has 1 aliphatic heterocycles. The molecule has 112 valence electrons. The summed E-state index contributed by atoms with van der Waals surface area (Å²) < 4.78 is 13.7. The Labute approximate surface area is 122 Å². The largest absolute Gasteiger partial charge is 0.313 e. The molecule has 1 fully saturated rings. The van der Waals surface area contributed by atoms with E-state index in [2.05, 4.69) is 17.1 Å². The first-order valence-corrected chi connectivity index (χ1v) is 7.76. The maximum atomic E-state index is 13.7. The van der Waals surface area contributed by atoms with Crippen molar-refractivity contribution in [3.63, 3.8) is 0 Å². The molecule has 0 saturated carbocycles. The van der Waals surface area contributed by atoms with Crippen molar-refractivity contribution < 1.29 is 4.39 Å². The zero-order chi connectivity index (χ0) is 14.5. The minimum Gasteiger partial charge on any atom is -0.313 e. The molecule has 0 amide bonds. The number of hydrogen-bond acceptors (Lipinski definition) is 2. The van der Waals surface area contributed by atoms with E-state index in [-0.39, 0.29) is 11.9 Å². The van der Waals surface area contributed by atoms with Crippen molar-refractivity contribution in [2.24, 2.45) is 5.92 Å². The van der Waals surface area contributed by atoms with Crippen LogP contribution >= 0.6 is 0 Å². The van der Waals surface area contributed by atoms with E-state index in [4.69, 9.17) is 0 Å². The maximum absolute atomic E-state index is 13.7. The van der Waals surface area contributed by atoms with Crippen LogP contribution in [0.2, 0.25) is 0 Å². The first-order chi connectivity index (χ1) is 9.60. The highest BCUT2D eigenvalue weighted by molar-refractivity contribution is 5.25. The van der Waals surface area contributed by atoms with Crippen molar-refractivity contribution in [2.45, 2.75) is 39.2 Å². The number of hydrogen-bond donors (Lipinski definition) is 1. The van der Waals surface area contributed by atoms with Crippen LogP contribution in [0.5, 0.6) is 0 Å². The van der Waals surface area contributed by atoms with E-state index >= 15 is 0 Å². The number of aryl methyl sites for hydroxylation is 1. The van der Waals surface area contributed by atoms with Crippen molar-refractivity contribution in [1.82, 2.24) is 10.2 Å². The second-order valence-electron chi connectivity index (χ2n) is 6.19. The van der Waals surface area contributed by atoms with Gasteiger partial charge in [0.2, 0.25) is 0 Å². The lowest BCUT2D eigenvalue weighted by molar-refractivity contribution is 0.176. The Balaban J connectivity index is 1.93. The van der Waals surface area contributed by atoms with Crippen LogP contribution < -0.4 is 5.32 Å². The molecule has 2 rings (SSSR count). The lowest BCUT2D eigenvalue weighted by Gasteiger charge is -2.32. The molecule has 1 heterocycles. The highest BCUT2D eigenvalue weighted by Gasteiger charge is 2.18. The van der Waals surface area contributed by atoms with Gasteiger partial charge in [0, 0.05) is 12.6 Å². The number of benzene rings is 1. The van der Waals surface area contributed by atoms with Gasteiger partial charge in [-0.1, -0.05) is 19.1 Å². The zero-order valence-corrected chi connectivity index (χ0v) is 13.0. The summed E-state index contributed by atoms with van der Waals surface area (Å²) in [5.74, 6) is 0.711. The Hall–Kier alpha value is -0.930. The SMILES string of the molecule is CNC(CCN1CCCC(C)C1)c1ccc(C)c(F)c1. The molecular formula is C17H27FN2. The quantitative estimate of drug-likeness (QED) is 0.886. The van der Waals surface area contributed by atoms with Crippen molar-refractivity contribution in [3.8, 4) is 0 Å². The average molecular weight is 278 g/mol. The van der Waals surface area contributed by atoms with Gasteiger partial charge in [0.05, 0.1) is 0 Å². The number of nitrogens with one attached hydrogen (secondary N) is 1. The van der Waals surface area contributed by atoms with Crippen LogP contribution in [0.4, 0.5) is 4.39 Å². The topological polar surface area (TPSA) is 15.3 Å². The van der Waals surface area contributed by atoms with Crippen molar-refractivity contribution in [2.75, 3.05) is 26.7 Å². The standard InChI is InChI=1S/C17H27FN2/c1-13-5-4-9-20(12-13)10-8-17(19-3)15-7-6-14(2)16(18)11-15/h6-7,11,13,17,19H,4-5,8-10,12H2,1-3H3. The number of rotatable bonds is 5. The van der Waals surface area contributed by atoms with E-state index in [0.29, 0.717) is 5.56 Å². The molecule has 2 unspecified atom stereocenters. The predicted octanol–water partition coefficient (Wildman–Crippen LogP) is 3.52. The van der Waals surface area contributed by atoms with E-state index < -0.39 is 0 Å². The van der Waals surface area contributed by atoms with Crippen molar-refractivity contribution in [1.29, 1.82) is 0 Å². The van der Waals surface area contributed by atoms with Crippen LogP contribution in [0.15, 0.2) is 18.2 Å². The molecule has 0 aliphatic carbocycles. The summed E-state index contributed by atoms with van der Waals surface area (Å²) in [4.78, 5) is 2.54. The summed E-state index contributed by atoms with van der Waals surface area (Å²) in [6.07, 6.45) is 3.70. The molecule has 0 bridgehead atoms. The van der Waals surface area contributed by atoms with Gasteiger partial charge >= 0.3 is 0 Å². The summed E-state index contributed by atoms with van der Waals surface area (Å²) in [5.41, 5.74) is 1.77. The monoisotopic (exact) mass is 278 g/mol. The molecule has 1 aliphatic rings. The Bertz CT molecular complexity index is 433. The van der Waals surface area contributed by atoms with E-state index in [0.717, 1.165) is 24.4 Å². The third-order valence-corrected chi connectivity index (χ3v) is 4.42. The molecule has 0 spiro atoms. The Morgan fingerprint density at radius 1 is 1.45 bits per heavy atom. The highest BCUT2D eigenvalue weighted by Crippen LogP contribution is 2.21. The van der Waals surface area contributed by atoms with E-state index in [1.54, 1.807) is 6.07 Å². The smallest absolute Gasteiger partial charge is 0.126 e. The van der Waals surface area contributed by atoms with Gasteiger partial charge in [-0.2, -0.15) is 0 Å². The van der Waals surface area contributed by atoms with Crippen LogP contribution in [0.3, 0.4) is 0 Å². The number of nitrogens with zero attached hydrogens (tertiary/aromatic N) is 1. The Kier molecular flexibility index (Phi) is 5.55. The molecule has 2 nitrogen and oxygen atoms in total. The fourth-order valence-electron chi connectivity index (χ4n) is 3.10. The molecule has 3 heteroatoms. The Morgan fingerprint density at radius 2 is 2.25 bits per heavy atom. The fourth-order valence-corrected chi connectivity index (χ4v) is 3.10. The van der Waals surface area contributed by atoms with Gasteiger partial charge in [0.1, 0.15) is 5.82 Å². The van der Waals surface area contributed by atoms with E-state index in [9.17, 15) is 4.39 Å². The third-order valence-electron chi connectivity index (χ3n) is 4.42. The van der Waals surface area contributed by atoms with Crippen molar-refractivity contribution >= 4 is 0 Å². The van der Waals surface area contributed by atoms with Crippen LogP contribution in [0.1, 0.15) is 43.4 Å². The molecule has 1 aromatic rings. The lowest BCUT2D eigenvalue weighted by atomic mass is 9.98. The summed E-state index contributed by atoms with van der Waals surface area (Å²) in [6.45, 7) is 7.65. The lowest BCUT2D eigenvalue weighted by Crippen LogP contribution is -2.36. The van der Waals surface area contributed by atoms with Gasteiger partial charge in [0.25, 0.3) is 0 Å². The number of likely N-dealkylation sites (tertiary alicyclic amines) is 1. The predicted molar refractivity (Wildman–Crippen MR) is 82.4 cm³/mol. The van der Waals surface area contributed by atoms with E-state index in [1.165, 1.54) is 25.9 Å². The number of piperidine rings is 1. The minimum atomic E-state index is -0.102. The second kappa shape index (κ2) is 7.19. The first kappa shape index (κ1) is 15.5. The fraction of sp³-hybridized carbons (Fsp3) is 0.647. The van der Waals surface area contributed by atoms with Gasteiger partial charge in [-0.3, -0.25) is 0 Å². The molecule has 0 radical (unpaired) electrons. The minimum absolute atomic E-state index is 0.102. The van der Waals surface area contributed by atoms with Gasteiger partial charge in [-0.05, 0) is 69.4 Å². The second-order valence-corrected chi connectivity index (χ2v) is 6.19. The molecule has 20 heavy (non-hydrogen) atoms. The molecule has 2 atom stereocenters. The third kappa shape index (κ3) is 4.03. The Morgan fingerprint density at radius 3 is 2.90 bits per heavy atom. The first-order valence-electron chi connectivity index (χ1n) is 7.76. The molecule has 0 aromatic heterocycles. The van der Waals surface area contributed by atoms with E-state index in [1.807, 2.05) is 26.1 Å². The zero-order valence-electron chi connectivity index (χ0n) is 13.0. The van der Waals surface area contributed by atoms with Crippen LogP contribution in [0, 0.1) is 18.7 Å². The molecular weight excluding hydrogens is 251 g/mol. The average Bonchev–Trinajstić information content (AvgIpc) is 2.43. The molecule has 1 aromatic carbocycles. The molecule has 1 N–H and O–H groups in total. The molecule has 1 saturated heterocycles. The van der Waals surface area contributed by atoms with Gasteiger partial charge in [-0.25, -0.2) is 4.39 Å². The van der Waals surface area contributed by atoms with Crippen molar-refractivity contribution in [3.05, 3.63) is 35.1 Å². The van der Waals surface area contributed by atoms with Gasteiger partial charge in [0.15, 0.2) is 0 Å². The summed E-state index contributed by atoms with van der Waals surface area (Å²) in [5, 5.41) is 3.32. The summed E-state index contributed by atoms with van der Waals surface area (Å²) in [6, 6.07) is 5.83. The van der Waals surface area contributed by atoms with Crippen LogP contribution in [-0.4, -0.2) is 31.6 Å². The van der Waals surface area contributed by atoms with Gasteiger partial charge in [-0.15, -0.1) is 0 Å². The maximum Gasteiger partial charge on any atom is 0.126 e. The van der Waals surface area contributed by atoms with Crippen LogP contribution in [0.25, 0.3) is 0 Å². The van der Waals surface area contributed by atoms with Gasteiger partial charge < -0.3 is 10.2 Å². The summed E-state index contributed by atoms with van der Waals surface area (Å²) >= 11 is 0. The highest BCUT2D eigenvalue weighted by atomic mass is 19.1. The van der Waals surface area contributed by atoms with Crippen LogP contribution in [-0.2, 0) is 0 Å². The number of halogens is 1.